The Morgan fingerprint density at radius 1 is 1.24 bits per heavy atom. The summed E-state index contributed by atoms with van der Waals surface area (Å²) in [6.45, 7) is 14.3. The maximum absolute atomic E-state index is 3.60. The molecule has 0 bridgehead atoms. The van der Waals surface area contributed by atoms with Crippen LogP contribution in [0.25, 0.3) is 0 Å². The summed E-state index contributed by atoms with van der Waals surface area (Å²) in [4.78, 5) is 2.66. The van der Waals surface area contributed by atoms with E-state index in [1.54, 1.807) is 0 Å². The second-order valence-corrected chi connectivity index (χ2v) is 6.05. The molecule has 0 saturated carbocycles. The molecular formula is C15H32N2. The topological polar surface area (TPSA) is 15.3 Å². The van der Waals surface area contributed by atoms with Gasteiger partial charge < -0.3 is 5.32 Å². The Labute approximate surface area is 108 Å². The molecule has 0 aromatic heterocycles. The molecule has 0 aromatic carbocycles. The van der Waals surface area contributed by atoms with Crippen molar-refractivity contribution >= 4 is 0 Å². The van der Waals surface area contributed by atoms with Crippen LogP contribution in [0.3, 0.4) is 0 Å². The molecule has 0 amide bonds. The molecule has 1 aliphatic rings. The number of likely N-dealkylation sites (tertiary alicyclic amines) is 1. The van der Waals surface area contributed by atoms with Crippen LogP contribution in [0.5, 0.6) is 0 Å². The van der Waals surface area contributed by atoms with E-state index in [1.165, 1.54) is 45.3 Å². The van der Waals surface area contributed by atoms with Gasteiger partial charge in [-0.2, -0.15) is 0 Å². The summed E-state index contributed by atoms with van der Waals surface area (Å²) < 4.78 is 0. The normalized spacial score (nSPS) is 23.5. The van der Waals surface area contributed by atoms with Crippen LogP contribution in [-0.2, 0) is 0 Å². The van der Waals surface area contributed by atoms with Crippen molar-refractivity contribution < 1.29 is 0 Å². The lowest BCUT2D eigenvalue weighted by Gasteiger charge is -2.25. The van der Waals surface area contributed by atoms with E-state index in [9.17, 15) is 0 Å². The molecule has 0 aromatic rings. The highest BCUT2D eigenvalue weighted by Crippen LogP contribution is 2.24. The van der Waals surface area contributed by atoms with Crippen molar-refractivity contribution in [1.29, 1.82) is 0 Å². The van der Waals surface area contributed by atoms with Crippen LogP contribution in [0.4, 0.5) is 0 Å². The molecule has 2 unspecified atom stereocenters. The zero-order valence-corrected chi connectivity index (χ0v) is 12.3. The van der Waals surface area contributed by atoms with Crippen molar-refractivity contribution in [3.63, 3.8) is 0 Å². The third kappa shape index (κ3) is 5.39. The molecule has 1 saturated heterocycles. The summed E-state index contributed by atoms with van der Waals surface area (Å²) in [5.41, 5.74) is 0. The van der Waals surface area contributed by atoms with E-state index in [2.05, 4.69) is 37.9 Å². The highest BCUT2D eigenvalue weighted by molar-refractivity contribution is 4.81. The van der Waals surface area contributed by atoms with Gasteiger partial charge in [0.25, 0.3) is 0 Å². The Bertz CT molecular complexity index is 191. The highest BCUT2D eigenvalue weighted by Gasteiger charge is 2.27. The number of nitrogens with one attached hydrogen (secondary N) is 1. The zero-order valence-electron chi connectivity index (χ0n) is 12.3. The first kappa shape index (κ1) is 15.0. The van der Waals surface area contributed by atoms with Gasteiger partial charge in [0.1, 0.15) is 0 Å². The van der Waals surface area contributed by atoms with Crippen LogP contribution in [0.1, 0.15) is 53.4 Å². The van der Waals surface area contributed by atoms with Crippen LogP contribution in [0.15, 0.2) is 0 Å². The van der Waals surface area contributed by atoms with Gasteiger partial charge in [-0.25, -0.2) is 0 Å². The number of hydrogen-bond acceptors (Lipinski definition) is 2. The monoisotopic (exact) mass is 240 g/mol. The number of nitrogens with zero attached hydrogens (tertiary/aromatic N) is 1. The summed E-state index contributed by atoms with van der Waals surface area (Å²) in [5, 5.41) is 3.60. The average molecular weight is 240 g/mol. The van der Waals surface area contributed by atoms with Crippen LogP contribution < -0.4 is 5.32 Å². The number of hydrogen-bond donors (Lipinski definition) is 1. The van der Waals surface area contributed by atoms with Crippen molar-refractivity contribution in [3.8, 4) is 0 Å². The maximum atomic E-state index is 3.60. The standard InChI is InChI=1S/C15H32N2/c1-5-6-7-9-16-11-14(4)17-10-8-15(12-17)13(2)3/h13-16H,5-12H2,1-4H3. The van der Waals surface area contributed by atoms with Crippen LogP contribution in [-0.4, -0.2) is 37.1 Å². The van der Waals surface area contributed by atoms with Gasteiger partial charge in [-0.1, -0.05) is 33.6 Å². The summed E-state index contributed by atoms with van der Waals surface area (Å²) in [6, 6.07) is 0.709. The minimum Gasteiger partial charge on any atom is -0.315 e. The summed E-state index contributed by atoms with van der Waals surface area (Å²) in [6.07, 6.45) is 5.41. The Kier molecular flexibility index (Phi) is 7.14. The van der Waals surface area contributed by atoms with Crippen molar-refractivity contribution in [2.75, 3.05) is 26.2 Å². The second kappa shape index (κ2) is 8.10. The van der Waals surface area contributed by atoms with Gasteiger partial charge in [-0.3, -0.25) is 4.90 Å². The van der Waals surface area contributed by atoms with E-state index < -0.39 is 0 Å². The lowest BCUT2D eigenvalue weighted by molar-refractivity contribution is 0.233. The molecular weight excluding hydrogens is 208 g/mol. The largest absolute Gasteiger partial charge is 0.315 e. The van der Waals surface area contributed by atoms with E-state index in [-0.39, 0.29) is 0 Å². The fourth-order valence-corrected chi connectivity index (χ4v) is 2.70. The minimum absolute atomic E-state index is 0.709. The third-order valence-electron chi connectivity index (χ3n) is 4.22. The molecule has 2 atom stereocenters. The Balaban J connectivity index is 2.10. The van der Waals surface area contributed by atoms with Crippen molar-refractivity contribution in [3.05, 3.63) is 0 Å². The van der Waals surface area contributed by atoms with Gasteiger partial charge in [-0.05, 0) is 44.7 Å². The van der Waals surface area contributed by atoms with E-state index >= 15 is 0 Å². The van der Waals surface area contributed by atoms with E-state index in [4.69, 9.17) is 0 Å². The van der Waals surface area contributed by atoms with E-state index in [0.29, 0.717) is 6.04 Å². The van der Waals surface area contributed by atoms with E-state index in [1.807, 2.05) is 0 Å². The predicted molar refractivity (Wildman–Crippen MR) is 76.4 cm³/mol. The highest BCUT2D eigenvalue weighted by atomic mass is 15.2. The molecule has 102 valence electrons. The lowest BCUT2D eigenvalue weighted by Crippen LogP contribution is -2.39. The Hall–Kier alpha value is -0.0800. The fourth-order valence-electron chi connectivity index (χ4n) is 2.70. The smallest absolute Gasteiger partial charge is 0.0192 e. The van der Waals surface area contributed by atoms with Crippen LogP contribution in [0.2, 0.25) is 0 Å². The molecule has 1 N–H and O–H groups in total. The van der Waals surface area contributed by atoms with Gasteiger partial charge in [0.2, 0.25) is 0 Å². The number of rotatable bonds is 8. The minimum atomic E-state index is 0.709. The molecule has 17 heavy (non-hydrogen) atoms. The SMILES string of the molecule is CCCCCNCC(C)N1CCC(C(C)C)C1. The molecule has 1 rings (SSSR count). The fraction of sp³-hybridized carbons (Fsp3) is 1.00. The van der Waals surface area contributed by atoms with Crippen molar-refractivity contribution in [2.45, 2.75) is 59.4 Å². The molecule has 0 spiro atoms. The predicted octanol–water partition coefficient (Wildman–Crippen LogP) is 3.13. The van der Waals surface area contributed by atoms with Gasteiger partial charge in [0.05, 0.1) is 0 Å². The van der Waals surface area contributed by atoms with Gasteiger partial charge in [0, 0.05) is 19.1 Å². The first-order valence-electron chi connectivity index (χ1n) is 7.59. The third-order valence-corrected chi connectivity index (χ3v) is 4.22. The van der Waals surface area contributed by atoms with Crippen LogP contribution in [0, 0.1) is 11.8 Å². The molecule has 1 heterocycles. The second-order valence-electron chi connectivity index (χ2n) is 6.05. The van der Waals surface area contributed by atoms with Gasteiger partial charge in [0.15, 0.2) is 0 Å². The number of unbranched alkanes of at least 4 members (excludes halogenated alkanes) is 2. The van der Waals surface area contributed by atoms with E-state index in [0.717, 1.165) is 18.4 Å². The molecule has 1 fully saturated rings. The maximum Gasteiger partial charge on any atom is 0.0192 e. The van der Waals surface area contributed by atoms with Crippen LogP contribution >= 0.6 is 0 Å². The molecule has 1 aliphatic heterocycles. The molecule has 2 nitrogen and oxygen atoms in total. The molecule has 0 aliphatic carbocycles. The first-order valence-corrected chi connectivity index (χ1v) is 7.59. The summed E-state index contributed by atoms with van der Waals surface area (Å²) in [5.74, 6) is 1.78. The van der Waals surface area contributed by atoms with Gasteiger partial charge >= 0.3 is 0 Å². The van der Waals surface area contributed by atoms with Gasteiger partial charge in [-0.15, -0.1) is 0 Å². The molecule has 0 radical (unpaired) electrons. The quantitative estimate of drug-likeness (QED) is 0.656. The summed E-state index contributed by atoms with van der Waals surface area (Å²) >= 11 is 0. The van der Waals surface area contributed by atoms with Crippen molar-refractivity contribution in [2.24, 2.45) is 11.8 Å². The van der Waals surface area contributed by atoms with Crippen molar-refractivity contribution in [1.82, 2.24) is 10.2 Å². The molecule has 2 heteroatoms. The first-order chi connectivity index (χ1) is 8.15. The Morgan fingerprint density at radius 2 is 2.00 bits per heavy atom. The average Bonchev–Trinajstić information content (AvgIpc) is 2.78. The lowest BCUT2D eigenvalue weighted by atomic mass is 9.95. The Morgan fingerprint density at radius 3 is 2.59 bits per heavy atom. The zero-order chi connectivity index (χ0) is 12.7. The summed E-state index contributed by atoms with van der Waals surface area (Å²) in [7, 11) is 0.